The highest BCUT2D eigenvalue weighted by Crippen LogP contribution is 2.27. The van der Waals surface area contributed by atoms with Crippen molar-refractivity contribution in [2.75, 3.05) is 5.32 Å². The molecule has 0 aliphatic carbocycles. The third-order valence-corrected chi connectivity index (χ3v) is 4.94. The summed E-state index contributed by atoms with van der Waals surface area (Å²) in [6.45, 7) is 2.06. The van der Waals surface area contributed by atoms with Gasteiger partial charge in [0.25, 0.3) is 11.7 Å². The van der Waals surface area contributed by atoms with Gasteiger partial charge in [0.15, 0.2) is 0 Å². The van der Waals surface area contributed by atoms with Crippen LogP contribution < -0.4 is 5.32 Å². The van der Waals surface area contributed by atoms with Gasteiger partial charge in [0.1, 0.15) is 11.6 Å². The van der Waals surface area contributed by atoms with Crippen LogP contribution in [0.1, 0.15) is 18.1 Å². The van der Waals surface area contributed by atoms with Gasteiger partial charge in [0.2, 0.25) is 0 Å². The molecule has 0 bridgehead atoms. The number of fused-ring (bicyclic) bond motifs is 1. The van der Waals surface area contributed by atoms with E-state index in [4.69, 9.17) is 0 Å². The molecule has 0 aliphatic heterocycles. The zero-order chi connectivity index (χ0) is 20.1. The van der Waals surface area contributed by atoms with Crippen LogP contribution in [-0.2, 0) is 11.2 Å². The van der Waals surface area contributed by atoms with Crippen molar-refractivity contribution in [2.24, 2.45) is 0 Å². The molecule has 0 fully saturated rings. The standard InChI is InChI=1S/C21H17F2N3OS/c1-2-13-4-3-5-18-15(12-25-19(13)18)10-14(11-24)20(27)26-16-6-8-17(9-7-16)28-21(22)23/h3-10,12,21,25H,2H2,1H3,(H,26,27)/b14-10+. The van der Waals surface area contributed by atoms with Crippen LogP contribution in [0.25, 0.3) is 17.0 Å². The average Bonchev–Trinajstić information content (AvgIpc) is 3.10. The molecule has 1 amide bonds. The third kappa shape index (κ3) is 4.41. The molecular weight excluding hydrogens is 380 g/mol. The summed E-state index contributed by atoms with van der Waals surface area (Å²) < 4.78 is 24.7. The Balaban J connectivity index is 1.81. The Morgan fingerprint density at radius 2 is 2.04 bits per heavy atom. The van der Waals surface area contributed by atoms with Crippen molar-refractivity contribution in [1.29, 1.82) is 5.26 Å². The van der Waals surface area contributed by atoms with Crippen LogP contribution in [0, 0.1) is 11.3 Å². The largest absolute Gasteiger partial charge is 0.360 e. The van der Waals surface area contributed by atoms with E-state index in [2.05, 4.69) is 17.2 Å². The Hall–Kier alpha value is -3.11. The fourth-order valence-electron chi connectivity index (χ4n) is 2.88. The number of halogens is 2. The second kappa shape index (κ2) is 8.72. The number of para-hydroxylation sites is 1. The van der Waals surface area contributed by atoms with Crippen LogP contribution in [0.15, 0.2) is 59.1 Å². The summed E-state index contributed by atoms with van der Waals surface area (Å²) in [5.74, 6) is -3.06. The molecule has 2 aromatic carbocycles. The van der Waals surface area contributed by atoms with Crippen molar-refractivity contribution in [3.05, 3.63) is 65.4 Å². The molecule has 0 aliphatic rings. The fraction of sp³-hybridized carbons (Fsp3) is 0.143. The number of thioether (sulfide) groups is 1. The normalized spacial score (nSPS) is 11.6. The summed E-state index contributed by atoms with van der Waals surface area (Å²) in [6.07, 6.45) is 4.17. The average molecular weight is 397 g/mol. The maximum Gasteiger partial charge on any atom is 0.288 e. The van der Waals surface area contributed by atoms with Gasteiger partial charge in [-0.25, -0.2) is 0 Å². The van der Waals surface area contributed by atoms with E-state index in [0.29, 0.717) is 22.3 Å². The predicted molar refractivity (Wildman–Crippen MR) is 108 cm³/mol. The van der Waals surface area contributed by atoms with Gasteiger partial charge in [0.05, 0.1) is 0 Å². The lowest BCUT2D eigenvalue weighted by Crippen LogP contribution is -2.13. The number of aromatic nitrogens is 1. The number of alkyl halides is 2. The van der Waals surface area contributed by atoms with Crippen molar-refractivity contribution in [1.82, 2.24) is 4.98 Å². The molecule has 7 heteroatoms. The summed E-state index contributed by atoms with van der Waals surface area (Å²) in [4.78, 5) is 16.1. The summed E-state index contributed by atoms with van der Waals surface area (Å²) in [7, 11) is 0. The Kier molecular flexibility index (Phi) is 6.12. The van der Waals surface area contributed by atoms with Crippen LogP contribution in [0.3, 0.4) is 0 Å². The first kappa shape index (κ1) is 19.6. The molecule has 0 radical (unpaired) electrons. The number of H-pyrrole nitrogens is 1. The molecule has 0 saturated heterocycles. The maximum absolute atomic E-state index is 12.5. The molecule has 3 rings (SSSR count). The van der Waals surface area contributed by atoms with E-state index in [1.807, 2.05) is 24.3 Å². The molecule has 0 unspecified atom stereocenters. The van der Waals surface area contributed by atoms with E-state index < -0.39 is 11.7 Å². The zero-order valence-electron chi connectivity index (χ0n) is 15.0. The van der Waals surface area contributed by atoms with Crippen LogP contribution in [-0.4, -0.2) is 16.6 Å². The molecule has 0 spiro atoms. The zero-order valence-corrected chi connectivity index (χ0v) is 15.8. The molecule has 1 aromatic heterocycles. The lowest BCUT2D eigenvalue weighted by atomic mass is 10.1. The molecule has 142 valence electrons. The number of carbonyl (C=O) groups excluding carboxylic acids is 1. The predicted octanol–water partition coefficient (Wildman–Crippen LogP) is 5.59. The topological polar surface area (TPSA) is 68.7 Å². The molecule has 0 saturated carbocycles. The van der Waals surface area contributed by atoms with Crippen molar-refractivity contribution < 1.29 is 13.6 Å². The van der Waals surface area contributed by atoms with Crippen molar-refractivity contribution >= 4 is 40.3 Å². The number of carbonyl (C=O) groups is 1. The summed E-state index contributed by atoms with van der Waals surface area (Å²) in [5, 5.41) is 13.0. The van der Waals surface area contributed by atoms with Gasteiger partial charge in [-0.2, -0.15) is 14.0 Å². The molecule has 3 aromatic rings. The fourth-order valence-corrected chi connectivity index (χ4v) is 3.37. The van der Waals surface area contributed by atoms with Gasteiger partial charge in [-0.1, -0.05) is 36.9 Å². The number of nitriles is 1. The number of rotatable bonds is 6. The molecular formula is C21H17F2N3OS. The van der Waals surface area contributed by atoms with Gasteiger partial charge in [-0.3, -0.25) is 4.79 Å². The molecule has 0 atom stereocenters. The lowest BCUT2D eigenvalue weighted by molar-refractivity contribution is -0.112. The van der Waals surface area contributed by atoms with E-state index in [0.717, 1.165) is 28.5 Å². The van der Waals surface area contributed by atoms with Crippen LogP contribution >= 0.6 is 11.8 Å². The second-order valence-electron chi connectivity index (χ2n) is 5.96. The lowest BCUT2D eigenvalue weighted by Gasteiger charge is -2.06. The van der Waals surface area contributed by atoms with E-state index in [-0.39, 0.29) is 5.57 Å². The SMILES string of the molecule is CCc1cccc2c(/C=C(\C#N)C(=O)Nc3ccc(SC(F)F)cc3)c[nH]c12. The third-order valence-electron chi connectivity index (χ3n) is 4.22. The summed E-state index contributed by atoms with van der Waals surface area (Å²) in [6, 6.07) is 13.9. The molecule has 4 nitrogen and oxygen atoms in total. The number of amides is 1. The highest BCUT2D eigenvalue weighted by atomic mass is 32.2. The Morgan fingerprint density at radius 3 is 2.68 bits per heavy atom. The molecule has 2 N–H and O–H groups in total. The number of aryl methyl sites for hydroxylation is 1. The summed E-state index contributed by atoms with van der Waals surface area (Å²) >= 11 is 0.430. The first-order chi connectivity index (χ1) is 13.5. The van der Waals surface area contributed by atoms with Crippen molar-refractivity contribution in [3.63, 3.8) is 0 Å². The van der Waals surface area contributed by atoms with Gasteiger partial charge >= 0.3 is 0 Å². The molecule has 28 heavy (non-hydrogen) atoms. The highest BCUT2D eigenvalue weighted by molar-refractivity contribution is 7.99. The smallest absolute Gasteiger partial charge is 0.288 e. The number of benzene rings is 2. The Morgan fingerprint density at radius 1 is 1.29 bits per heavy atom. The molecule has 1 heterocycles. The first-order valence-corrected chi connectivity index (χ1v) is 9.46. The van der Waals surface area contributed by atoms with Crippen molar-refractivity contribution in [3.8, 4) is 6.07 Å². The Bertz CT molecular complexity index is 1070. The second-order valence-corrected chi connectivity index (χ2v) is 7.03. The van der Waals surface area contributed by atoms with E-state index in [1.165, 1.54) is 30.3 Å². The van der Waals surface area contributed by atoms with Crippen LogP contribution in [0.2, 0.25) is 0 Å². The van der Waals surface area contributed by atoms with Gasteiger partial charge in [-0.15, -0.1) is 0 Å². The van der Waals surface area contributed by atoms with Crippen molar-refractivity contribution in [2.45, 2.75) is 24.0 Å². The number of nitrogens with one attached hydrogen (secondary N) is 2. The van der Waals surface area contributed by atoms with Gasteiger partial charge in [-0.05, 0) is 42.3 Å². The number of hydrogen-bond donors (Lipinski definition) is 2. The number of aromatic amines is 1. The maximum atomic E-state index is 12.5. The minimum Gasteiger partial charge on any atom is -0.360 e. The highest BCUT2D eigenvalue weighted by Gasteiger charge is 2.12. The minimum absolute atomic E-state index is 0.0474. The first-order valence-electron chi connectivity index (χ1n) is 8.58. The quantitative estimate of drug-likeness (QED) is 0.324. The van der Waals surface area contributed by atoms with E-state index >= 15 is 0 Å². The number of hydrogen-bond acceptors (Lipinski definition) is 3. The van der Waals surface area contributed by atoms with Gasteiger partial charge < -0.3 is 10.3 Å². The number of nitrogens with zero attached hydrogens (tertiary/aromatic N) is 1. The van der Waals surface area contributed by atoms with E-state index in [9.17, 15) is 18.8 Å². The van der Waals surface area contributed by atoms with Gasteiger partial charge in [0, 0.05) is 33.2 Å². The van der Waals surface area contributed by atoms with E-state index in [1.54, 1.807) is 6.20 Å². The minimum atomic E-state index is -2.50. The Labute approximate surface area is 165 Å². The number of anilines is 1. The van der Waals surface area contributed by atoms with Crippen LogP contribution in [0.4, 0.5) is 14.5 Å². The monoisotopic (exact) mass is 397 g/mol. The summed E-state index contributed by atoms with van der Waals surface area (Å²) in [5.41, 5.74) is 3.27. The van der Waals surface area contributed by atoms with Crippen LogP contribution in [0.5, 0.6) is 0 Å².